The minimum atomic E-state index is -0.104. The van der Waals surface area contributed by atoms with Gasteiger partial charge in [0.1, 0.15) is 0 Å². The van der Waals surface area contributed by atoms with Crippen LogP contribution in [0.25, 0.3) is 0 Å². The van der Waals surface area contributed by atoms with Gasteiger partial charge in [0.15, 0.2) is 0 Å². The zero-order valence-corrected chi connectivity index (χ0v) is 9.73. The van der Waals surface area contributed by atoms with Crippen molar-refractivity contribution in [1.29, 1.82) is 0 Å². The molecular formula is C12H24N2O. The summed E-state index contributed by atoms with van der Waals surface area (Å²) in [5.74, 6) is 0.799. The summed E-state index contributed by atoms with van der Waals surface area (Å²) in [4.78, 5) is 2.48. The van der Waals surface area contributed by atoms with Gasteiger partial charge in [-0.15, -0.1) is 0 Å². The SMILES string of the molecule is CC1CCN(C2CCCC2O)C(CN)C1. The number of aliphatic hydroxyl groups excluding tert-OH is 1. The highest BCUT2D eigenvalue weighted by atomic mass is 16.3. The van der Waals surface area contributed by atoms with Gasteiger partial charge >= 0.3 is 0 Å². The fraction of sp³-hybridized carbons (Fsp3) is 1.00. The predicted molar refractivity (Wildman–Crippen MR) is 61.6 cm³/mol. The molecule has 3 N–H and O–H groups in total. The summed E-state index contributed by atoms with van der Waals surface area (Å²) < 4.78 is 0. The van der Waals surface area contributed by atoms with Gasteiger partial charge in [0.05, 0.1) is 6.10 Å². The molecule has 1 aliphatic carbocycles. The Labute approximate surface area is 92.6 Å². The number of nitrogens with two attached hydrogens (primary N) is 1. The van der Waals surface area contributed by atoms with Crippen molar-refractivity contribution in [2.45, 2.75) is 57.2 Å². The Morgan fingerprint density at radius 1 is 1.33 bits per heavy atom. The first-order valence-electron chi connectivity index (χ1n) is 6.36. The van der Waals surface area contributed by atoms with Crippen LogP contribution < -0.4 is 5.73 Å². The second-order valence-electron chi connectivity index (χ2n) is 5.32. The molecule has 2 aliphatic rings. The van der Waals surface area contributed by atoms with Gasteiger partial charge in [-0.05, 0) is 44.6 Å². The Hall–Kier alpha value is -0.120. The van der Waals surface area contributed by atoms with E-state index in [4.69, 9.17) is 5.73 Å². The summed E-state index contributed by atoms with van der Waals surface area (Å²) in [6, 6.07) is 0.901. The monoisotopic (exact) mass is 212 g/mol. The number of nitrogens with zero attached hydrogens (tertiary/aromatic N) is 1. The molecule has 4 unspecified atom stereocenters. The van der Waals surface area contributed by atoms with Crippen molar-refractivity contribution in [2.24, 2.45) is 11.7 Å². The zero-order chi connectivity index (χ0) is 10.8. The van der Waals surface area contributed by atoms with Crippen LogP contribution in [0.5, 0.6) is 0 Å². The van der Waals surface area contributed by atoms with Crippen molar-refractivity contribution in [3.8, 4) is 0 Å². The molecule has 1 saturated carbocycles. The van der Waals surface area contributed by atoms with E-state index in [2.05, 4.69) is 11.8 Å². The lowest BCUT2D eigenvalue weighted by Crippen LogP contribution is -2.53. The van der Waals surface area contributed by atoms with Crippen LogP contribution in [0.2, 0.25) is 0 Å². The summed E-state index contributed by atoms with van der Waals surface area (Å²) in [5.41, 5.74) is 5.85. The average Bonchev–Trinajstić information content (AvgIpc) is 2.64. The molecule has 0 radical (unpaired) electrons. The number of hydrogen-bond donors (Lipinski definition) is 2. The van der Waals surface area contributed by atoms with Gasteiger partial charge in [0.2, 0.25) is 0 Å². The summed E-state index contributed by atoms with van der Waals surface area (Å²) in [6.07, 6.45) is 5.68. The molecule has 88 valence electrons. The standard InChI is InChI=1S/C12H24N2O/c1-9-5-6-14(10(7-9)8-13)11-3-2-4-12(11)15/h9-12,15H,2-8,13H2,1H3. The molecule has 3 nitrogen and oxygen atoms in total. The topological polar surface area (TPSA) is 49.5 Å². The van der Waals surface area contributed by atoms with E-state index < -0.39 is 0 Å². The van der Waals surface area contributed by atoms with E-state index in [-0.39, 0.29) is 6.10 Å². The second kappa shape index (κ2) is 4.81. The summed E-state index contributed by atoms with van der Waals surface area (Å²) in [6.45, 7) is 4.18. The van der Waals surface area contributed by atoms with Crippen molar-refractivity contribution in [3.63, 3.8) is 0 Å². The smallest absolute Gasteiger partial charge is 0.0695 e. The molecule has 0 bridgehead atoms. The van der Waals surface area contributed by atoms with Crippen molar-refractivity contribution in [3.05, 3.63) is 0 Å². The fourth-order valence-corrected chi connectivity index (χ4v) is 3.25. The molecule has 4 atom stereocenters. The third-order valence-corrected chi connectivity index (χ3v) is 4.17. The van der Waals surface area contributed by atoms with E-state index in [0.717, 1.165) is 31.8 Å². The van der Waals surface area contributed by atoms with E-state index in [1.807, 2.05) is 0 Å². The molecule has 15 heavy (non-hydrogen) atoms. The van der Waals surface area contributed by atoms with Crippen LogP contribution >= 0.6 is 0 Å². The van der Waals surface area contributed by atoms with Gasteiger partial charge in [0.25, 0.3) is 0 Å². The van der Waals surface area contributed by atoms with E-state index in [0.29, 0.717) is 12.1 Å². The summed E-state index contributed by atoms with van der Waals surface area (Å²) in [7, 11) is 0. The Kier molecular flexibility index (Phi) is 3.65. The third kappa shape index (κ3) is 2.35. The van der Waals surface area contributed by atoms with Crippen molar-refractivity contribution in [1.82, 2.24) is 4.90 Å². The highest BCUT2D eigenvalue weighted by Gasteiger charge is 2.36. The van der Waals surface area contributed by atoms with Gasteiger partial charge in [-0.2, -0.15) is 0 Å². The number of piperidine rings is 1. The minimum Gasteiger partial charge on any atom is -0.391 e. The second-order valence-corrected chi connectivity index (χ2v) is 5.32. The normalized spacial score (nSPS) is 43.4. The van der Waals surface area contributed by atoms with Crippen LogP contribution in [0, 0.1) is 5.92 Å². The van der Waals surface area contributed by atoms with Crippen molar-refractivity contribution in [2.75, 3.05) is 13.1 Å². The molecule has 0 spiro atoms. The highest BCUT2D eigenvalue weighted by molar-refractivity contribution is 4.91. The lowest BCUT2D eigenvalue weighted by atomic mass is 9.90. The molecule has 3 heteroatoms. The maximum Gasteiger partial charge on any atom is 0.0695 e. The van der Waals surface area contributed by atoms with Crippen LogP contribution in [0.4, 0.5) is 0 Å². The molecule has 0 aromatic rings. The minimum absolute atomic E-state index is 0.104. The zero-order valence-electron chi connectivity index (χ0n) is 9.73. The van der Waals surface area contributed by atoms with Gasteiger partial charge in [-0.1, -0.05) is 6.92 Å². The van der Waals surface area contributed by atoms with Crippen LogP contribution in [-0.4, -0.2) is 41.3 Å². The number of likely N-dealkylation sites (tertiary alicyclic amines) is 1. The third-order valence-electron chi connectivity index (χ3n) is 4.17. The highest BCUT2D eigenvalue weighted by Crippen LogP contribution is 2.31. The Morgan fingerprint density at radius 2 is 2.13 bits per heavy atom. The molecule has 0 amide bonds. The van der Waals surface area contributed by atoms with Gasteiger partial charge in [0, 0.05) is 18.6 Å². The molecule has 1 saturated heterocycles. The maximum absolute atomic E-state index is 9.94. The lowest BCUT2D eigenvalue weighted by Gasteiger charge is -2.42. The van der Waals surface area contributed by atoms with Crippen LogP contribution in [-0.2, 0) is 0 Å². The Morgan fingerprint density at radius 3 is 2.73 bits per heavy atom. The van der Waals surface area contributed by atoms with Crippen LogP contribution in [0.1, 0.15) is 39.0 Å². The Balaban J connectivity index is 2.00. The quantitative estimate of drug-likeness (QED) is 0.717. The van der Waals surface area contributed by atoms with E-state index >= 15 is 0 Å². The first-order valence-corrected chi connectivity index (χ1v) is 6.36. The van der Waals surface area contributed by atoms with E-state index in [1.165, 1.54) is 19.3 Å². The fourth-order valence-electron chi connectivity index (χ4n) is 3.25. The predicted octanol–water partition coefficient (Wildman–Crippen LogP) is 0.959. The summed E-state index contributed by atoms with van der Waals surface area (Å²) >= 11 is 0. The summed E-state index contributed by atoms with van der Waals surface area (Å²) in [5, 5.41) is 9.94. The van der Waals surface area contributed by atoms with Crippen LogP contribution in [0.3, 0.4) is 0 Å². The maximum atomic E-state index is 9.94. The lowest BCUT2D eigenvalue weighted by molar-refractivity contribution is 0.0163. The molecule has 2 rings (SSSR count). The Bertz CT molecular complexity index is 210. The van der Waals surface area contributed by atoms with E-state index in [9.17, 15) is 5.11 Å². The molecule has 0 aromatic heterocycles. The largest absolute Gasteiger partial charge is 0.391 e. The first kappa shape index (κ1) is 11.4. The number of rotatable bonds is 2. The first-order chi connectivity index (χ1) is 7.22. The molecule has 1 aliphatic heterocycles. The molecule has 1 heterocycles. The van der Waals surface area contributed by atoms with Gasteiger partial charge in [-0.3, -0.25) is 4.90 Å². The molecular weight excluding hydrogens is 188 g/mol. The van der Waals surface area contributed by atoms with E-state index in [1.54, 1.807) is 0 Å². The van der Waals surface area contributed by atoms with Gasteiger partial charge in [-0.25, -0.2) is 0 Å². The number of hydrogen-bond acceptors (Lipinski definition) is 3. The number of aliphatic hydroxyl groups is 1. The van der Waals surface area contributed by atoms with Gasteiger partial charge < -0.3 is 10.8 Å². The molecule has 0 aromatic carbocycles. The molecule has 2 fully saturated rings. The van der Waals surface area contributed by atoms with Crippen LogP contribution in [0.15, 0.2) is 0 Å². The van der Waals surface area contributed by atoms with Crippen molar-refractivity contribution < 1.29 is 5.11 Å². The average molecular weight is 212 g/mol. The van der Waals surface area contributed by atoms with Crippen molar-refractivity contribution >= 4 is 0 Å².